The molecule has 0 saturated heterocycles. The number of hydrogen-bond acceptors (Lipinski definition) is 2. The van der Waals surface area contributed by atoms with Gasteiger partial charge in [0.15, 0.2) is 6.39 Å². The maximum atomic E-state index is 4.47. The minimum absolute atomic E-state index is 0. The van der Waals surface area contributed by atoms with Crippen molar-refractivity contribution in [3.05, 3.63) is 18.9 Å². The second-order valence-electron chi connectivity index (χ2n) is 0.676. The van der Waals surface area contributed by atoms with Gasteiger partial charge in [0.05, 0.1) is 6.20 Å². The monoisotopic (exact) mass is 93.0 g/mol. The number of nitrogens with zero attached hydrogens (tertiary/aromatic N) is 1. The summed E-state index contributed by atoms with van der Waals surface area (Å²) in [5.41, 5.74) is 0. The van der Waals surface area contributed by atoms with Crippen molar-refractivity contribution >= 4 is 29.6 Å². The van der Waals surface area contributed by atoms with Crippen LogP contribution in [0, 0.1) is 0 Å². The van der Waals surface area contributed by atoms with Crippen LogP contribution in [0.4, 0.5) is 0 Å². The van der Waals surface area contributed by atoms with Crippen LogP contribution in [0.2, 0.25) is 0 Å². The van der Waals surface area contributed by atoms with Crippen LogP contribution < -0.4 is 0 Å². The van der Waals surface area contributed by atoms with E-state index < -0.39 is 0 Å². The van der Waals surface area contributed by atoms with Gasteiger partial charge in [-0.3, -0.25) is 0 Å². The summed E-state index contributed by atoms with van der Waals surface area (Å²) < 4.78 is 4.47. The van der Waals surface area contributed by atoms with Crippen molar-refractivity contribution in [2.24, 2.45) is 0 Å². The van der Waals surface area contributed by atoms with Gasteiger partial charge < -0.3 is 4.42 Å². The van der Waals surface area contributed by atoms with E-state index in [1.54, 1.807) is 6.20 Å². The molecule has 0 unspecified atom stereocenters. The first kappa shape index (κ1) is 6.21. The molecule has 1 aromatic heterocycles. The fourth-order valence-electron chi connectivity index (χ4n) is 0.176. The quantitative estimate of drug-likeness (QED) is 0.423. The van der Waals surface area contributed by atoms with E-state index in [0.717, 1.165) is 0 Å². The largest absolute Gasteiger partial charge is 0.452 e. The van der Waals surface area contributed by atoms with Gasteiger partial charge in [0.2, 0.25) is 0 Å². The van der Waals surface area contributed by atoms with Gasteiger partial charge in [-0.2, -0.15) is 0 Å². The summed E-state index contributed by atoms with van der Waals surface area (Å²) in [5, 5.41) is 0. The molecule has 6 heavy (non-hydrogen) atoms. The van der Waals surface area contributed by atoms with Crippen LogP contribution in [0.3, 0.4) is 0 Å². The van der Waals surface area contributed by atoms with Crippen molar-refractivity contribution in [1.82, 2.24) is 4.98 Å². The van der Waals surface area contributed by atoms with Crippen molar-refractivity contribution in [3.8, 4) is 0 Å². The predicted molar refractivity (Wildman–Crippen MR) is 23.7 cm³/mol. The van der Waals surface area contributed by atoms with Crippen molar-refractivity contribution in [2.75, 3.05) is 0 Å². The van der Waals surface area contributed by atoms with Gasteiger partial charge in [0.25, 0.3) is 0 Å². The fourth-order valence-corrected chi connectivity index (χ4v) is 0.176. The normalized spacial score (nSPS) is 6.67. The standard InChI is InChI=1S/C3H3NO.Na.H/c1-2-5-3-4-1;;/h1-3H;;. The van der Waals surface area contributed by atoms with E-state index in [1.165, 1.54) is 12.7 Å². The first-order chi connectivity index (χ1) is 2.50. The molecule has 3 heteroatoms. The van der Waals surface area contributed by atoms with Crippen molar-refractivity contribution < 1.29 is 4.42 Å². The smallest absolute Gasteiger partial charge is 0.180 e. The zero-order valence-electron chi connectivity index (χ0n) is 2.59. The molecule has 0 aliphatic rings. The number of aromatic nitrogens is 1. The molecule has 0 bridgehead atoms. The topological polar surface area (TPSA) is 26.0 Å². The second kappa shape index (κ2) is 3.40. The Bertz CT molecular complexity index is 67.3. The molecule has 0 fully saturated rings. The third kappa shape index (κ3) is 1.60. The fraction of sp³-hybridized carbons (Fsp3) is 0. The first-order valence-electron chi connectivity index (χ1n) is 1.32. The Morgan fingerprint density at radius 2 is 2.33 bits per heavy atom. The molecule has 0 aliphatic carbocycles. The second-order valence-corrected chi connectivity index (χ2v) is 0.676. The molecule has 0 spiro atoms. The molecule has 1 heterocycles. The Hall–Kier alpha value is 0.210. The molecule has 0 atom stereocenters. The Balaban J connectivity index is 0.000000250. The van der Waals surface area contributed by atoms with Crippen LogP contribution >= 0.6 is 0 Å². The van der Waals surface area contributed by atoms with E-state index in [2.05, 4.69) is 9.40 Å². The minimum atomic E-state index is 0. The van der Waals surface area contributed by atoms with Crippen molar-refractivity contribution in [1.29, 1.82) is 0 Å². The molecule has 1 rings (SSSR count). The molecule has 0 N–H and O–H groups in total. The number of rotatable bonds is 0. The maximum Gasteiger partial charge on any atom is 0.180 e. The zero-order valence-corrected chi connectivity index (χ0v) is 2.59. The van der Waals surface area contributed by atoms with E-state index >= 15 is 0 Å². The van der Waals surface area contributed by atoms with Gasteiger partial charge in [0, 0.05) is 0 Å². The van der Waals surface area contributed by atoms with E-state index in [9.17, 15) is 0 Å². The summed E-state index contributed by atoms with van der Waals surface area (Å²) in [6, 6.07) is 0. The molecule has 0 radical (unpaired) electrons. The van der Waals surface area contributed by atoms with Gasteiger partial charge >= 0.3 is 29.6 Å². The van der Waals surface area contributed by atoms with Gasteiger partial charge in [-0.1, -0.05) is 0 Å². The summed E-state index contributed by atoms with van der Waals surface area (Å²) in [5.74, 6) is 0. The molecular formula is C3H4NNaO. The molecular weight excluding hydrogens is 89.0 g/mol. The Labute approximate surface area is 57.9 Å². The Morgan fingerprint density at radius 3 is 2.50 bits per heavy atom. The molecule has 1 aromatic rings. The molecule has 0 aromatic carbocycles. The van der Waals surface area contributed by atoms with E-state index in [4.69, 9.17) is 0 Å². The Morgan fingerprint density at radius 1 is 1.50 bits per heavy atom. The van der Waals surface area contributed by atoms with Crippen molar-refractivity contribution in [3.63, 3.8) is 0 Å². The molecule has 2 nitrogen and oxygen atoms in total. The summed E-state index contributed by atoms with van der Waals surface area (Å²) in [6.07, 6.45) is 4.47. The first-order valence-corrected chi connectivity index (χ1v) is 1.32. The molecule has 0 saturated carbocycles. The number of oxazole rings is 1. The Kier molecular flexibility index (Phi) is 3.52. The van der Waals surface area contributed by atoms with E-state index in [-0.39, 0.29) is 29.6 Å². The SMILES string of the molecule is [NaH].c1cocn1. The summed E-state index contributed by atoms with van der Waals surface area (Å²) in [6.45, 7) is 0. The van der Waals surface area contributed by atoms with Gasteiger partial charge in [-0.05, 0) is 0 Å². The number of hydrogen-bond donors (Lipinski definition) is 0. The van der Waals surface area contributed by atoms with Gasteiger partial charge in [-0.15, -0.1) is 0 Å². The van der Waals surface area contributed by atoms with Gasteiger partial charge in [0.1, 0.15) is 6.26 Å². The maximum absolute atomic E-state index is 4.47. The summed E-state index contributed by atoms with van der Waals surface area (Å²) >= 11 is 0. The van der Waals surface area contributed by atoms with Crippen LogP contribution in [0.5, 0.6) is 0 Å². The molecule has 0 amide bonds. The van der Waals surface area contributed by atoms with E-state index in [0.29, 0.717) is 0 Å². The van der Waals surface area contributed by atoms with Crippen molar-refractivity contribution in [2.45, 2.75) is 0 Å². The average molecular weight is 93.1 g/mol. The van der Waals surface area contributed by atoms with Crippen LogP contribution in [0.15, 0.2) is 23.3 Å². The van der Waals surface area contributed by atoms with Crippen LogP contribution in [-0.2, 0) is 0 Å². The van der Waals surface area contributed by atoms with Crippen LogP contribution in [0.25, 0.3) is 0 Å². The third-order valence-corrected chi connectivity index (χ3v) is 0.347. The molecule has 0 aliphatic heterocycles. The summed E-state index contributed by atoms with van der Waals surface area (Å²) in [7, 11) is 0. The predicted octanol–water partition coefficient (Wildman–Crippen LogP) is 0.0261. The zero-order chi connectivity index (χ0) is 3.54. The summed E-state index contributed by atoms with van der Waals surface area (Å²) in [4.78, 5) is 3.56. The minimum Gasteiger partial charge on any atom is -0.452 e. The van der Waals surface area contributed by atoms with Crippen LogP contribution in [0.1, 0.15) is 0 Å². The van der Waals surface area contributed by atoms with E-state index in [1.807, 2.05) is 0 Å². The average Bonchev–Trinajstić information content (AvgIpc) is 1.76. The molecule has 28 valence electrons. The van der Waals surface area contributed by atoms with Crippen LogP contribution in [-0.4, -0.2) is 34.5 Å². The third-order valence-electron chi connectivity index (χ3n) is 0.347. The van der Waals surface area contributed by atoms with Gasteiger partial charge in [-0.25, -0.2) is 4.98 Å².